The number of ether oxygens (including phenoxy) is 1. The number of benzene rings is 2. The van der Waals surface area contributed by atoms with Crippen molar-refractivity contribution < 1.29 is 27.9 Å². The average molecular weight is 623 g/mol. The highest BCUT2D eigenvalue weighted by molar-refractivity contribution is 6.30. The first-order valence-corrected chi connectivity index (χ1v) is 14.2. The summed E-state index contributed by atoms with van der Waals surface area (Å²) in [6.07, 6.45) is 3.71. The van der Waals surface area contributed by atoms with E-state index in [1.165, 1.54) is 23.0 Å². The molecular weight excluding hydrogens is 594 g/mol. The van der Waals surface area contributed by atoms with Crippen LogP contribution in [0.3, 0.4) is 0 Å². The topological polar surface area (TPSA) is 127 Å². The summed E-state index contributed by atoms with van der Waals surface area (Å²) >= 11 is 5.95. The molecule has 0 aliphatic carbocycles. The lowest BCUT2D eigenvalue weighted by Gasteiger charge is -2.23. The van der Waals surface area contributed by atoms with Gasteiger partial charge in [-0.05, 0) is 67.8 Å². The van der Waals surface area contributed by atoms with Crippen molar-refractivity contribution in [3.63, 3.8) is 0 Å². The molecule has 3 amide bonds. The van der Waals surface area contributed by atoms with Gasteiger partial charge in [0.2, 0.25) is 12.8 Å². The van der Waals surface area contributed by atoms with Gasteiger partial charge in [-0.2, -0.15) is 5.10 Å². The zero-order valence-electron chi connectivity index (χ0n) is 23.9. The normalized spacial score (nSPS) is 16.5. The molecule has 44 heavy (non-hydrogen) atoms. The van der Waals surface area contributed by atoms with Gasteiger partial charge in [0.05, 0.1) is 39.9 Å². The molecule has 5 rings (SSSR count). The number of nitrogens with one attached hydrogen (secondary N) is 3. The van der Waals surface area contributed by atoms with Gasteiger partial charge >= 0.3 is 6.09 Å². The lowest BCUT2D eigenvalue weighted by atomic mass is 9.94. The van der Waals surface area contributed by atoms with Crippen LogP contribution in [0.25, 0.3) is 16.9 Å². The highest BCUT2D eigenvalue weighted by Crippen LogP contribution is 2.33. The summed E-state index contributed by atoms with van der Waals surface area (Å²) in [5.41, 5.74) is 3.39. The zero-order valence-corrected chi connectivity index (χ0v) is 24.6. The molecule has 2 atom stereocenters. The van der Waals surface area contributed by atoms with Gasteiger partial charge in [0.15, 0.2) is 5.82 Å². The van der Waals surface area contributed by atoms with Crippen LogP contribution in [0.5, 0.6) is 0 Å². The third kappa shape index (κ3) is 6.55. The minimum Gasteiger partial charge on any atom is -0.417 e. The molecule has 10 nitrogen and oxygen atoms in total. The number of fused-ring (bicyclic) bond motifs is 4. The SMILES string of the molecule is Cc1c(C(=O)NC2CCCC(C)C(=O)Nc3cc(NC(=O)OCF)ccc3-c3cc2ccn3)cnn1-c1cccc(Cl)c1F. The zero-order chi connectivity index (χ0) is 31.4. The van der Waals surface area contributed by atoms with Crippen LogP contribution in [-0.4, -0.2) is 39.5 Å². The average Bonchev–Trinajstić information content (AvgIpc) is 3.38. The Kier molecular flexibility index (Phi) is 9.19. The molecular formula is C31H29ClF2N6O4. The van der Waals surface area contributed by atoms with Gasteiger partial charge in [-0.25, -0.2) is 18.3 Å². The number of rotatable bonds is 5. The fourth-order valence-corrected chi connectivity index (χ4v) is 5.24. The fourth-order valence-electron chi connectivity index (χ4n) is 5.07. The van der Waals surface area contributed by atoms with E-state index >= 15 is 0 Å². The molecule has 0 saturated carbocycles. The Morgan fingerprint density at radius 1 is 1.18 bits per heavy atom. The van der Waals surface area contributed by atoms with Gasteiger partial charge in [0.25, 0.3) is 5.91 Å². The van der Waals surface area contributed by atoms with Gasteiger partial charge in [-0.3, -0.25) is 19.9 Å². The molecule has 13 heteroatoms. The Balaban J connectivity index is 1.47. The largest absolute Gasteiger partial charge is 0.417 e. The van der Waals surface area contributed by atoms with Crippen LogP contribution in [0.4, 0.5) is 25.0 Å². The Labute approximate surface area is 256 Å². The molecule has 1 aliphatic rings. The standard InChI is InChI=1S/C31H29ClF2N6O4/c1-17-5-3-7-24(38-30(42)22-15-36-40(18(22)2)27-8-4-6-23(32)28(27)34)19-11-12-35-25(13-19)21-10-9-20(37-31(43)44-16-33)14-26(21)39-29(17)41/h4,6,8-15,17,24H,3,5,7,16H2,1-2H3,(H,37,43)(H,38,42)(H,39,41). The number of carbonyl (C=O) groups is 3. The predicted octanol–water partition coefficient (Wildman–Crippen LogP) is 6.74. The molecule has 2 aromatic heterocycles. The predicted molar refractivity (Wildman–Crippen MR) is 161 cm³/mol. The van der Waals surface area contributed by atoms with Crippen molar-refractivity contribution in [1.82, 2.24) is 20.1 Å². The van der Waals surface area contributed by atoms with Crippen molar-refractivity contribution in [1.29, 1.82) is 0 Å². The minimum absolute atomic E-state index is 0.0543. The van der Waals surface area contributed by atoms with Crippen molar-refractivity contribution in [2.75, 3.05) is 17.5 Å². The number of nitrogens with zero attached hydrogens (tertiary/aromatic N) is 3. The molecule has 0 spiro atoms. The van der Waals surface area contributed by atoms with Crippen molar-refractivity contribution in [3.8, 4) is 16.9 Å². The third-order valence-electron chi connectivity index (χ3n) is 7.47. The van der Waals surface area contributed by atoms with Crippen LogP contribution in [0, 0.1) is 18.7 Å². The molecule has 228 valence electrons. The molecule has 0 fully saturated rings. The maximum atomic E-state index is 14.7. The maximum absolute atomic E-state index is 14.7. The highest BCUT2D eigenvalue weighted by atomic mass is 35.5. The second-order valence-corrected chi connectivity index (χ2v) is 10.8. The van der Waals surface area contributed by atoms with Gasteiger partial charge in [-0.15, -0.1) is 0 Å². The molecule has 2 unspecified atom stereocenters. The molecule has 3 heterocycles. The van der Waals surface area contributed by atoms with Crippen LogP contribution < -0.4 is 16.0 Å². The van der Waals surface area contributed by atoms with Crippen molar-refractivity contribution in [2.24, 2.45) is 5.92 Å². The summed E-state index contributed by atoms with van der Waals surface area (Å²) in [6.45, 7) is 2.20. The molecule has 2 bridgehead atoms. The van der Waals surface area contributed by atoms with Crippen molar-refractivity contribution in [3.05, 3.63) is 88.6 Å². The number of halogens is 3. The van der Waals surface area contributed by atoms with E-state index < -0.39 is 30.7 Å². The first-order chi connectivity index (χ1) is 21.2. The summed E-state index contributed by atoms with van der Waals surface area (Å²) in [6, 6.07) is 12.5. The number of anilines is 2. The minimum atomic E-state index is -1.28. The summed E-state index contributed by atoms with van der Waals surface area (Å²) < 4.78 is 32.8. The molecule has 3 N–H and O–H groups in total. The Bertz CT molecular complexity index is 1730. The number of hydrogen-bond acceptors (Lipinski definition) is 6. The number of amides is 3. The first-order valence-electron chi connectivity index (χ1n) is 13.9. The lowest BCUT2D eigenvalue weighted by Crippen LogP contribution is -2.29. The van der Waals surface area contributed by atoms with Gasteiger partial charge in [-0.1, -0.05) is 31.0 Å². The van der Waals surface area contributed by atoms with Gasteiger partial charge in [0, 0.05) is 23.4 Å². The molecule has 4 aromatic rings. The van der Waals surface area contributed by atoms with Crippen LogP contribution in [0.2, 0.25) is 5.02 Å². The number of aromatic nitrogens is 3. The number of alkyl halides is 1. The van der Waals surface area contributed by atoms with E-state index in [9.17, 15) is 23.2 Å². The Morgan fingerprint density at radius 2 is 2.00 bits per heavy atom. The Morgan fingerprint density at radius 3 is 2.80 bits per heavy atom. The van der Waals surface area contributed by atoms with Gasteiger partial charge in [0.1, 0.15) is 5.69 Å². The number of carbonyl (C=O) groups excluding carboxylic acids is 3. The second-order valence-electron chi connectivity index (χ2n) is 10.4. The summed E-state index contributed by atoms with van der Waals surface area (Å²) in [7, 11) is 0. The molecule has 0 radical (unpaired) electrons. The smallest absolute Gasteiger partial charge is 0.413 e. The van der Waals surface area contributed by atoms with Crippen LogP contribution >= 0.6 is 11.6 Å². The summed E-state index contributed by atoms with van der Waals surface area (Å²) in [5.74, 6) is -1.64. The molecule has 1 aliphatic heterocycles. The van der Waals surface area contributed by atoms with E-state index in [4.69, 9.17) is 11.6 Å². The van der Waals surface area contributed by atoms with E-state index in [0.29, 0.717) is 41.9 Å². The van der Waals surface area contributed by atoms with Crippen molar-refractivity contribution in [2.45, 2.75) is 39.2 Å². The van der Waals surface area contributed by atoms with Crippen LogP contribution in [0.1, 0.15) is 53.8 Å². The van der Waals surface area contributed by atoms with Gasteiger partial charge < -0.3 is 15.4 Å². The third-order valence-corrected chi connectivity index (χ3v) is 7.76. The van der Waals surface area contributed by atoms with Crippen LogP contribution in [0.15, 0.2) is 60.9 Å². The first kappa shape index (κ1) is 30.6. The second kappa shape index (κ2) is 13.2. The summed E-state index contributed by atoms with van der Waals surface area (Å²) in [5, 5.41) is 12.6. The Hall–Kier alpha value is -4.84. The number of hydrogen-bond donors (Lipinski definition) is 3. The van der Waals surface area contributed by atoms with E-state index in [1.54, 1.807) is 44.3 Å². The molecule has 0 saturated heterocycles. The number of pyridine rings is 1. The van der Waals surface area contributed by atoms with E-state index in [-0.39, 0.29) is 33.8 Å². The quantitative estimate of drug-likeness (QED) is 0.226. The maximum Gasteiger partial charge on any atom is 0.413 e. The lowest BCUT2D eigenvalue weighted by molar-refractivity contribution is -0.119. The molecule has 2 aromatic carbocycles. The fraction of sp³-hybridized carbons (Fsp3) is 0.258. The van der Waals surface area contributed by atoms with E-state index in [2.05, 4.69) is 30.8 Å². The van der Waals surface area contributed by atoms with E-state index in [1.807, 2.05) is 12.1 Å². The van der Waals surface area contributed by atoms with E-state index in [0.717, 1.165) is 5.56 Å². The monoisotopic (exact) mass is 622 g/mol. The highest BCUT2D eigenvalue weighted by Gasteiger charge is 2.24. The van der Waals surface area contributed by atoms with Crippen LogP contribution in [-0.2, 0) is 9.53 Å². The van der Waals surface area contributed by atoms with Crippen molar-refractivity contribution >= 4 is 40.9 Å². The summed E-state index contributed by atoms with van der Waals surface area (Å²) in [4.78, 5) is 42.9.